The summed E-state index contributed by atoms with van der Waals surface area (Å²) in [7, 11) is 1.73. The lowest BCUT2D eigenvalue weighted by Gasteiger charge is -2.19. The minimum absolute atomic E-state index is 0.173. The number of para-hydroxylation sites is 2. The topological polar surface area (TPSA) is 97.4 Å². The lowest BCUT2D eigenvalue weighted by atomic mass is 9.93. The number of fused-ring (bicyclic) bond motifs is 1. The highest BCUT2D eigenvalue weighted by atomic mass is 32.2. The van der Waals surface area contributed by atoms with Crippen molar-refractivity contribution in [3.63, 3.8) is 0 Å². The van der Waals surface area contributed by atoms with Crippen LogP contribution in [0.4, 0.5) is 11.4 Å². The Morgan fingerprint density at radius 2 is 1.76 bits per heavy atom. The second-order valence-corrected chi connectivity index (χ2v) is 7.45. The second-order valence-electron chi connectivity index (χ2n) is 6.50. The molecule has 0 saturated heterocycles. The third kappa shape index (κ3) is 4.24. The number of aliphatic imine (C=N–C) groups is 2. The molecule has 1 atom stereocenters. The van der Waals surface area contributed by atoms with Crippen LogP contribution in [0.25, 0.3) is 0 Å². The number of rotatable bonds is 4. The highest BCUT2D eigenvalue weighted by Crippen LogP contribution is 2.34. The molecule has 8 nitrogen and oxygen atoms in total. The molecule has 0 aliphatic carbocycles. The van der Waals surface area contributed by atoms with E-state index in [1.54, 1.807) is 7.05 Å². The van der Waals surface area contributed by atoms with Gasteiger partial charge >= 0.3 is 0 Å². The Balaban J connectivity index is 1.63. The van der Waals surface area contributed by atoms with Gasteiger partial charge in [-0.05, 0) is 35.0 Å². The van der Waals surface area contributed by atoms with E-state index in [1.165, 1.54) is 16.4 Å². The number of carbonyl (C=O) groups excluding carboxylic acids is 1. The third-order valence-electron chi connectivity index (χ3n) is 4.42. The molecule has 0 fully saturated rings. The molecular formula is C20H19N7OS. The van der Waals surface area contributed by atoms with E-state index in [4.69, 9.17) is 9.98 Å². The van der Waals surface area contributed by atoms with E-state index >= 15 is 0 Å². The summed E-state index contributed by atoms with van der Waals surface area (Å²) in [4.78, 5) is 22.2. The molecule has 1 aliphatic heterocycles. The van der Waals surface area contributed by atoms with Crippen molar-refractivity contribution in [2.75, 3.05) is 5.75 Å². The second kappa shape index (κ2) is 8.36. The third-order valence-corrected chi connectivity index (χ3v) is 5.44. The van der Waals surface area contributed by atoms with Gasteiger partial charge in [-0.2, -0.15) is 0 Å². The Kier molecular flexibility index (Phi) is 5.48. The van der Waals surface area contributed by atoms with Crippen LogP contribution in [-0.2, 0) is 11.8 Å². The van der Waals surface area contributed by atoms with Crippen molar-refractivity contribution in [2.24, 2.45) is 17.0 Å². The summed E-state index contributed by atoms with van der Waals surface area (Å²) in [6.07, 6.45) is 0. The fraction of sp³-hybridized carbons (Fsp3) is 0.200. The van der Waals surface area contributed by atoms with E-state index < -0.39 is 0 Å². The number of carbonyl (C=O) groups is 1. The summed E-state index contributed by atoms with van der Waals surface area (Å²) in [5.41, 5.74) is 3.40. The van der Waals surface area contributed by atoms with Gasteiger partial charge in [0.05, 0.1) is 23.0 Å². The summed E-state index contributed by atoms with van der Waals surface area (Å²) in [6, 6.07) is 17.6. The zero-order valence-corrected chi connectivity index (χ0v) is 16.8. The fourth-order valence-corrected chi connectivity index (χ4v) is 3.75. The van der Waals surface area contributed by atoms with E-state index in [9.17, 15) is 4.79 Å². The fourth-order valence-electron chi connectivity index (χ4n) is 3.10. The molecule has 0 bridgehead atoms. The average Bonchev–Trinajstić information content (AvgIpc) is 3.07. The Labute approximate surface area is 172 Å². The number of nitrogens with zero attached hydrogens (tertiary/aromatic N) is 6. The average molecular weight is 405 g/mol. The lowest BCUT2D eigenvalue weighted by Crippen LogP contribution is -2.38. The molecule has 29 heavy (non-hydrogen) atoms. The van der Waals surface area contributed by atoms with Crippen LogP contribution < -0.4 is 5.32 Å². The van der Waals surface area contributed by atoms with Gasteiger partial charge in [0.25, 0.3) is 0 Å². The number of hydrogen-bond acceptors (Lipinski definition) is 7. The molecule has 0 radical (unpaired) electrons. The number of aryl methyl sites for hydroxylation is 1. The van der Waals surface area contributed by atoms with Crippen LogP contribution in [0.15, 0.2) is 69.7 Å². The predicted molar refractivity (Wildman–Crippen MR) is 113 cm³/mol. The van der Waals surface area contributed by atoms with Gasteiger partial charge in [-0.1, -0.05) is 54.2 Å². The Morgan fingerprint density at radius 1 is 1.07 bits per heavy atom. The number of benzene rings is 2. The van der Waals surface area contributed by atoms with Crippen LogP contribution in [-0.4, -0.2) is 43.4 Å². The van der Waals surface area contributed by atoms with Crippen molar-refractivity contribution in [3.05, 3.63) is 60.2 Å². The van der Waals surface area contributed by atoms with Crippen molar-refractivity contribution in [2.45, 2.75) is 18.0 Å². The van der Waals surface area contributed by atoms with Crippen LogP contribution in [0, 0.1) is 0 Å². The van der Waals surface area contributed by atoms with Gasteiger partial charge in [-0.3, -0.25) is 9.79 Å². The number of tetrazole rings is 1. The van der Waals surface area contributed by atoms with Crippen LogP contribution in [0.2, 0.25) is 0 Å². The zero-order valence-electron chi connectivity index (χ0n) is 16.0. The maximum atomic E-state index is 12.7. The SMILES string of the molecule is CC1=Nc2ccccc2N=C(NC(=O)CSc2nnnn2C)[C@@H]1c1ccccc1. The maximum Gasteiger partial charge on any atom is 0.235 e. The van der Waals surface area contributed by atoms with Crippen molar-refractivity contribution in [1.29, 1.82) is 0 Å². The Hall–Kier alpha value is -3.33. The maximum absolute atomic E-state index is 12.7. The summed E-state index contributed by atoms with van der Waals surface area (Å²) >= 11 is 1.27. The summed E-state index contributed by atoms with van der Waals surface area (Å²) in [5.74, 6) is 0.315. The molecule has 1 aromatic heterocycles. The minimum atomic E-state index is -0.242. The molecule has 1 amide bonds. The molecule has 146 valence electrons. The molecule has 0 saturated carbocycles. The molecule has 0 unspecified atom stereocenters. The van der Waals surface area contributed by atoms with E-state index in [0.29, 0.717) is 11.0 Å². The first-order chi connectivity index (χ1) is 14.1. The molecule has 2 heterocycles. The van der Waals surface area contributed by atoms with Crippen LogP contribution in [0.3, 0.4) is 0 Å². The highest BCUT2D eigenvalue weighted by Gasteiger charge is 2.26. The number of thioether (sulfide) groups is 1. The number of hydrogen-bond donors (Lipinski definition) is 1. The van der Waals surface area contributed by atoms with Gasteiger partial charge in [-0.25, -0.2) is 9.67 Å². The largest absolute Gasteiger partial charge is 0.313 e. The first kappa shape index (κ1) is 19.0. The number of nitrogens with one attached hydrogen (secondary N) is 1. The molecule has 2 aromatic carbocycles. The first-order valence-corrected chi connectivity index (χ1v) is 10.0. The van der Waals surface area contributed by atoms with Gasteiger partial charge in [0, 0.05) is 12.8 Å². The standard InChI is InChI=1S/C20H19N7OS/c1-13-18(14-8-4-3-5-9-14)19(22-16-11-7-6-10-15(16)21-13)23-17(28)12-29-20-24-25-26-27(20)2/h3-11,18H,12H2,1-2H3,(H,22,23,28)/t18-/m0/s1. The van der Waals surface area contributed by atoms with Gasteiger partial charge < -0.3 is 5.32 Å². The van der Waals surface area contributed by atoms with Crippen molar-refractivity contribution in [1.82, 2.24) is 25.5 Å². The van der Waals surface area contributed by atoms with E-state index in [2.05, 4.69) is 20.8 Å². The molecule has 9 heteroatoms. The summed E-state index contributed by atoms with van der Waals surface area (Å²) < 4.78 is 1.53. The van der Waals surface area contributed by atoms with E-state index in [1.807, 2.05) is 61.5 Å². The zero-order chi connectivity index (χ0) is 20.2. The number of amides is 1. The van der Waals surface area contributed by atoms with Crippen molar-refractivity contribution >= 4 is 40.6 Å². The minimum Gasteiger partial charge on any atom is -0.313 e. The van der Waals surface area contributed by atoms with Gasteiger partial charge in [-0.15, -0.1) is 5.10 Å². The van der Waals surface area contributed by atoms with Crippen LogP contribution in [0.1, 0.15) is 18.4 Å². The lowest BCUT2D eigenvalue weighted by molar-refractivity contribution is -0.117. The predicted octanol–water partition coefficient (Wildman–Crippen LogP) is 3.04. The molecule has 0 spiro atoms. The van der Waals surface area contributed by atoms with Gasteiger partial charge in [0.1, 0.15) is 5.84 Å². The summed E-state index contributed by atoms with van der Waals surface area (Å²) in [5, 5.41) is 14.8. The highest BCUT2D eigenvalue weighted by molar-refractivity contribution is 7.99. The van der Waals surface area contributed by atoms with Crippen molar-refractivity contribution in [3.8, 4) is 0 Å². The van der Waals surface area contributed by atoms with Gasteiger partial charge in [0.2, 0.25) is 11.1 Å². The van der Waals surface area contributed by atoms with Crippen LogP contribution >= 0.6 is 11.8 Å². The smallest absolute Gasteiger partial charge is 0.235 e. The molecular weight excluding hydrogens is 386 g/mol. The number of amidine groups is 1. The van der Waals surface area contributed by atoms with E-state index in [0.717, 1.165) is 22.6 Å². The number of aromatic nitrogens is 4. The quantitative estimate of drug-likeness (QED) is 0.673. The molecule has 4 rings (SSSR count). The van der Waals surface area contributed by atoms with Crippen molar-refractivity contribution < 1.29 is 4.79 Å². The van der Waals surface area contributed by atoms with E-state index in [-0.39, 0.29) is 17.6 Å². The Morgan fingerprint density at radius 3 is 2.45 bits per heavy atom. The molecule has 1 N–H and O–H groups in total. The Bertz CT molecular complexity index is 1090. The normalized spacial score (nSPS) is 15.7. The summed E-state index contributed by atoms with van der Waals surface area (Å²) in [6.45, 7) is 1.96. The van der Waals surface area contributed by atoms with Gasteiger partial charge in [0.15, 0.2) is 0 Å². The van der Waals surface area contributed by atoms with Crippen LogP contribution in [0.5, 0.6) is 0 Å². The molecule has 1 aliphatic rings. The first-order valence-electron chi connectivity index (χ1n) is 9.04. The monoisotopic (exact) mass is 405 g/mol. The molecule has 3 aromatic rings.